The summed E-state index contributed by atoms with van der Waals surface area (Å²) < 4.78 is 7.22. The largest absolute Gasteiger partial charge is 0.381 e. The van der Waals surface area contributed by atoms with Crippen molar-refractivity contribution in [1.29, 1.82) is 0 Å². The molecule has 2 aromatic rings. The van der Waals surface area contributed by atoms with Crippen molar-refractivity contribution >= 4 is 5.78 Å². The van der Waals surface area contributed by atoms with E-state index in [1.165, 1.54) is 0 Å². The van der Waals surface area contributed by atoms with Gasteiger partial charge < -0.3 is 4.74 Å². The predicted molar refractivity (Wildman–Crippen MR) is 80.9 cm³/mol. The molecule has 4 nitrogen and oxygen atoms in total. The Balaban J connectivity index is 1.89. The number of benzene rings is 1. The van der Waals surface area contributed by atoms with E-state index in [4.69, 9.17) is 4.74 Å². The number of carbonyl (C=O) groups excluding carboxylic acids is 1. The zero-order chi connectivity index (χ0) is 14.8. The van der Waals surface area contributed by atoms with Gasteiger partial charge in [-0.05, 0) is 44.9 Å². The normalized spacial score (nSPS) is 16.1. The molecule has 0 saturated carbocycles. The molecule has 1 aliphatic rings. The summed E-state index contributed by atoms with van der Waals surface area (Å²) in [5.74, 6) is 0.316. The summed E-state index contributed by atoms with van der Waals surface area (Å²) in [4.78, 5) is 12.6. The minimum atomic E-state index is 0.0921. The first-order chi connectivity index (χ1) is 10.1. The Morgan fingerprint density at radius 3 is 2.67 bits per heavy atom. The summed E-state index contributed by atoms with van der Waals surface area (Å²) in [6.07, 6.45) is 1.64. The van der Waals surface area contributed by atoms with E-state index in [2.05, 4.69) is 5.10 Å². The van der Waals surface area contributed by atoms with Gasteiger partial charge in [-0.3, -0.25) is 4.79 Å². The van der Waals surface area contributed by atoms with Crippen molar-refractivity contribution in [3.8, 4) is 5.69 Å². The van der Waals surface area contributed by atoms with E-state index in [1.54, 1.807) is 0 Å². The van der Waals surface area contributed by atoms with Crippen molar-refractivity contribution in [2.45, 2.75) is 26.7 Å². The number of ether oxygens (including phenoxy) is 1. The number of nitrogens with zero attached hydrogens (tertiary/aromatic N) is 2. The number of aromatic nitrogens is 2. The summed E-state index contributed by atoms with van der Waals surface area (Å²) in [6.45, 7) is 5.37. The van der Waals surface area contributed by atoms with Crippen molar-refractivity contribution in [3.63, 3.8) is 0 Å². The first kappa shape index (κ1) is 14.0. The maximum absolute atomic E-state index is 12.6. The first-order valence-corrected chi connectivity index (χ1v) is 7.41. The van der Waals surface area contributed by atoms with Gasteiger partial charge in [0.25, 0.3) is 0 Å². The lowest BCUT2D eigenvalue weighted by molar-refractivity contribution is 0.0545. The van der Waals surface area contributed by atoms with Gasteiger partial charge in [-0.1, -0.05) is 12.1 Å². The molecule has 1 aliphatic heterocycles. The third-order valence-electron chi connectivity index (χ3n) is 3.98. The number of ketones is 1. The molecule has 110 valence electrons. The van der Waals surface area contributed by atoms with Crippen molar-refractivity contribution in [2.24, 2.45) is 5.92 Å². The van der Waals surface area contributed by atoms with Crippen LogP contribution in [0, 0.1) is 19.8 Å². The average molecular weight is 284 g/mol. The molecule has 0 unspecified atom stereocenters. The molecular weight excluding hydrogens is 264 g/mol. The molecule has 4 heteroatoms. The Morgan fingerprint density at radius 1 is 1.24 bits per heavy atom. The average Bonchev–Trinajstić information content (AvgIpc) is 2.86. The van der Waals surface area contributed by atoms with E-state index in [9.17, 15) is 4.79 Å². The van der Waals surface area contributed by atoms with E-state index < -0.39 is 0 Å². The standard InChI is InChI=1S/C17H20N2O2/c1-12-10-13(2)19(18-12)16-5-3-4-15(11-16)17(20)14-6-8-21-9-7-14/h3-5,10-11,14H,6-9H2,1-2H3. The van der Waals surface area contributed by atoms with Gasteiger partial charge in [0.1, 0.15) is 0 Å². The molecule has 2 heterocycles. The summed E-state index contributed by atoms with van der Waals surface area (Å²) in [5, 5.41) is 4.48. The third-order valence-corrected chi connectivity index (χ3v) is 3.98. The predicted octanol–water partition coefficient (Wildman–Crippen LogP) is 3.10. The second-order valence-corrected chi connectivity index (χ2v) is 5.64. The van der Waals surface area contributed by atoms with Crippen LogP contribution in [0.15, 0.2) is 30.3 Å². The molecule has 0 aliphatic carbocycles. The lowest BCUT2D eigenvalue weighted by Gasteiger charge is -2.21. The lowest BCUT2D eigenvalue weighted by Crippen LogP contribution is -2.23. The molecule has 0 bridgehead atoms. The molecular formula is C17H20N2O2. The molecule has 0 N–H and O–H groups in total. The van der Waals surface area contributed by atoms with E-state index in [0.717, 1.165) is 35.5 Å². The second kappa shape index (κ2) is 5.82. The van der Waals surface area contributed by atoms with Crippen LogP contribution in [-0.2, 0) is 4.74 Å². The van der Waals surface area contributed by atoms with Gasteiger partial charge in [-0.2, -0.15) is 5.10 Å². The van der Waals surface area contributed by atoms with Gasteiger partial charge in [0.05, 0.1) is 11.4 Å². The zero-order valence-electron chi connectivity index (χ0n) is 12.5. The van der Waals surface area contributed by atoms with Crippen molar-refractivity contribution in [1.82, 2.24) is 9.78 Å². The van der Waals surface area contributed by atoms with Crippen LogP contribution in [0.5, 0.6) is 0 Å². The van der Waals surface area contributed by atoms with Crippen LogP contribution >= 0.6 is 0 Å². The number of rotatable bonds is 3. The molecule has 1 saturated heterocycles. The Bertz CT molecular complexity index is 655. The highest BCUT2D eigenvalue weighted by molar-refractivity contribution is 5.98. The summed E-state index contributed by atoms with van der Waals surface area (Å²) in [5.41, 5.74) is 3.77. The fourth-order valence-corrected chi connectivity index (χ4v) is 2.88. The Morgan fingerprint density at radius 2 is 2.00 bits per heavy atom. The van der Waals surface area contributed by atoms with Crippen molar-refractivity contribution < 1.29 is 9.53 Å². The van der Waals surface area contributed by atoms with Crippen molar-refractivity contribution in [3.05, 3.63) is 47.3 Å². The molecule has 0 amide bonds. The minimum Gasteiger partial charge on any atom is -0.381 e. The van der Waals surface area contributed by atoms with Gasteiger partial charge >= 0.3 is 0 Å². The van der Waals surface area contributed by atoms with Gasteiger partial charge in [-0.25, -0.2) is 4.68 Å². The molecule has 3 rings (SSSR count). The number of hydrogen-bond acceptors (Lipinski definition) is 3. The molecule has 1 fully saturated rings. The highest BCUT2D eigenvalue weighted by Crippen LogP contribution is 2.22. The van der Waals surface area contributed by atoms with E-state index in [-0.39, 0.29) is 11.7 Å². The fraction of sp³-hybridized carbons (Fsp3) is 0.412. The van der Waals surface area contributed by atoms with Crippen molar-refractivity contribution in [2.75, 3.05) is 13.2 Å². The fourth-order valence-electron chi connectivity index (χ4n) is 2.88. The maximum Gasteiger partial charge on any atom is 0.166 e. The monoisotopic (exact) mass is 284 g/mol. The minimum absolute atomic E-state index is 0.0921. The Hall–Kier alpha value is -1.94. The zero-order valence-corrected chi connectivity index (χ0v) is 12.5. The van der Waals surface area contributed by atoms with Crippen LogP contribution in [0.25, 0.3) is 5.69 Å². The van der Waals surface area contributed by atoms with Crippen LogP contribution in [0.3, 0.4) is 0 Å². The quantitative estimate of drug-likeness (QED) is 0.813. The van der Waals surface area contributed by atoms with Crippen LogP contribution in [0.4, 0.5) is 0 Å². The smallest absolute Gasteiger partial charge is 0.166 e. The van der Waals surface area contributed by atoms with Crippen LogP contribution < -0.4 is 0 Å². The lowest BCUT2D eigenvalue weighted by atomic mass is 9.91. The molecule has 21 heavy (non-hydrogen) atoms. The molecule has 0 atom stereocenters. The number of hydrogen-bond donors (Lipinski definition) is 0. The van der Waals surface area contributed by atoms with Gasteiger partial charge in [0.15, 0.2) is 5.78 Å². The molecule has 0 spiro atoms. The molecule has 1 aromatic carbocycles. The van der Waals surface area contributed by atoms with E-state index in [0.29, 0.717) is 13.2 Å². The van der Waals surface area contributed by atoms with Gasteiger partial charge in [0.2, 0.25) is 0 Å². The van der Waals surface area contributed by atoms with Gasteiger partial charge in [0, 0.05) is 30.4 Å². The maximum atomic E-state index is 12.6. The second-order valence-electron chi connectivity index (χ2n) is 5.64. The number of aryl methyl sites for hydroxylation is 2. The summed E-state index contributed by atoms with van der Waals surface area (Å²) in [7, 11) is 0. The van der Waals surface area contributed by atoms with Crippen LogP contribution in [0.2, 0.25) is 0 Å². The Kier molecular flexibility index (Phi) is 3.88. The highest BCUT2D eigenvalue weighted by atomic mass is 16.5. The van der Waals surface area contributed by atoms with E-state index >= 15 is 0 Å². The number of Topliss-reactive ketones (excluding diaryl/α,β-unsaturated/α-hetero) is 1. The topological polar surface area (TPSA) is 44.1 Å². The third kappa shape index (κ3) is 2.90. The number of carbonyl (C=O) groups is 1. The summed E-state index contributed by atoms with van der Waals surface area (Å²) in [6, 6.07) is 9.79. The summed E-state index contributed by atoms with van der Waals surface area (Å²) >= 11 is 0. The first-order valence-electron chi connectivity index (χ1n) is 7.41. The Labute approximate surface area is 124 Å². The van der Waals surface area contributed by atoms with E-state index in [1.807, 2.05) is 48.9 Å². The van der Waals surface area contributed by atoms with Crippen LogP contribution in [0.1, 0.15) is 34.6 Å². The van der Waals surface area contributed by atoms with Crippen LogP contribution in [-0.4, -0.2) is 28.8 Å². The molecule has 0 radical (unpaired) electrons. The highest BCUT2D eigenvalue weighted by Gasteiger charge is 2.23. The van der Waals surface area contributed by atoms with Gasteiger partial charge in [-0.15, -0.1) is 0 Å². The molecule has 1 aromatic heterocycles. The SMILES string of the molecule is Cc1cc(C)n(-c2cccc(C(=O)C3CCOCC3)c2)n1.